The van der Waals surface area contributed by atoms with Gasteiger partial charge in [0, 0.05) is 0 Å². The maximum atomic E-state index is 9.46. The van der Waals surface area contributed by atoms with Gasteiger partial charge in [0.1, 0.15) is 0 Å². The van der Waals surface area contributed by atoms with E-state index in [-0.39, 0.29) is 0 Å². The molecule has 0 amide bonds. The summed E-state index contributed by atoms with van der Waals surface area (Å²) >= 11 is 0. The molecule has 1 saturated carbocycles. The molecule has 0 radical (unpaired) electrons. The van der Waals surface area contributed by atoms with Gasteiger partial charge in [-0.05, 0) is 45.2 Å². The van der Waals surface area contributed by atoms with Crippen molar-refractivity contribution in [3.63, 3.8) is 0 Å². The standard InChI is InChI=1S/C17H32N2O/c20-18-16-12-8-5-3-1-2-4-6-9-13-17(16)19-14-10-7-11-15-19/h17,20H,1-15H2/b18-16+/t17-/m1/s1. The summed E-state index contributed by atoms with van der Waals surface area (Å²) in [4.78, 5) is 2.59. The van der Waals surface area contributed by atoms with Crippen LogP contribution < -0.4 is 0 Å². The molecule has 2 fully saturated rings. The molecule has 1 heterocycles. The van der Waals surface area contributed by atoms with Gasteiger partial charge in [-0.15, -0.1) is 0 Å². The molecule has 3 nitrogen and oxygen atoms in total. The maximum absolute atomic E-state index is 9.46. The van der Waals surface area contributed by atoms with Gasteiger partial charge in [0.05, 0.1) is 11.8 Å². The van der Waals surface area contributed by atoms with Gasteiger partial charge >= 0.3 is 0 Å². The fourth-order valence-electron chi connectivity index (χ4n) is 3.78. The number of oxime groups is 1. The lowest BCUT2D eigenvalue weighted by Gasteiger charge is -2.35. The third-order valence-electron chi connectivity index (χ3n) is 5.00. The van der Waals surface area contributed by atoms with Gasteiger partial charge in [-0.25, -0.2) is 0 Å². The van der Waals surface area contributed by atoms with Crippen LogP contribution in [0.5, 0.6) is 0 Å². The van der Waals surface area contributed by atoms with Gasteiger partial charge < -0.3 is 5.21 Å². The van der Waals surface area contributed by atoms with Crippen molar-refractivity contribution in [1.82, 2.24) is 4.90 Å². The Morgan fingerprint density at radius 3 is 1.95 bits per heavy atom. The van der Waals surface area contributed by atoms with Crippen molar-refractivity contribution in [3.8, 4) is 0 Å². The van der Waals surface area contributed by atoms with Crippen LogP contribution in [0, 0.1) is 0 Å². The molecule has 0 unspecified atom stereocenters. The first-order chi connectivity index (χ1) is 9.92. The van der Waals surface area contributed by atoms with Crippen molar-refractivity contribution >= 4 is 5.71 Å². The second kappa shape index (κ2) is 9.38. The lowest BCUT2D eigenvalue weighted by atomic mass is 9.94. The predicted molar refractivity (Wildman–Crippen MR) is 84.6 cm³/mol. The zero-order valence-electron chi connectivity index (χ0n) is 13.0. The van der Waals surface area contributed by atoms with Gasteiger partial charge in [0.2, 0.25) is 0 Å². The fraction of sp³-hybridized carbons (Fsp3) is 0.941. The number of likely N-dealkylation sites (tertiary alicyclic amines) is 1. The third-order valence-corrected chi connectivity index (χ3v) is 5.00. The van der Waals surface area contributed by atoms with E-state index in [2.05, 4.69) is 10.1 Å². The molecule has 2 aliphatic rings. The van der Waals surface area contributed by atoms with Crippen LogP contribution in [0.4, 0.5) is 0 Å². The highest BCUT2D eigenvalue weighted by molar-refractivity contribution is 5.89. The van der Waals surface area contributed by atoms with Crippen LogP contribution in [0.25, 0.3) is 0 Å². The van der Waals surface area contributed by atoms with Gasteiger partial charge in [0.25, 0.3) is 0 Å². The van der Waals surface area contributed by atoms with Gasteiger partial charge in [0.15, 0.2) is 0 Å². The number of rotatable bonds is 1. The highest BCUT2D eigenvalue weighted by Gasteiger charge is 2.25. The molecule has 1 atom stereocenters. The van der Waals surface area contributed by atoms with Crippen LogP contribution in [0.3, 0.4) is 0 Å². The quantitative estimate of drug-likeness (QED) is 0.563. The first-order valence-corrected chi connectivity index (χ1v) is 8.86. The van der Waals surface area contributed by atoms with E-state index in [1.54, 1.807) is 0 Å². The van der Waals surface area contributed by atoms with Crippen LogP contribution in [0.1, 0.15) is 83.5 Å². The highest BCUT2D eigenvalue weighted by atomic mass is 16.4. The number of piperidine rings is 1. The summed E-state index contributed by atoms with van der Waals surface area (Å²) in [5.41, 5.74) is 1.06. The Morgan fingerprint density at radius 1 is 0.750 bits per heavy atom. The Hall–Kier alpha value is -0.570. The van der Waals surface area contributed by atoms with Crippen LogP contribution in [-0.2, 0) is 0 Å². The molecule has 1 saturated heterocycles. The minimum atomic E-state index is 0.416. The van der Waals surface area contributed by atoms with Crippen molar-refractivity contribution in [2.45, 2.75) is 89.5 Å². The van der Waals surface area contributed by atoms with Crippen molar-refractivity contribution in [3.05, 3.63) is 0 Å². The monoisotopic (exact) mass is 280 g/mol. The summed E-state index contributed by atoms with van der Waals surface area (Å²) in [6.07, 6.45) is 16.9. The van der Waals surface area contributed by atoms with Crippen molar-refractivity contribution in [2.24, 2.45) is 5.16 Å². The molecule has 0 spiro atoms. The van der Waals surface area contributed by atoms with Crippen LogP contribution >= 0.6 is 0 Å². The number of hydrogen-bond acceptors (Lipinski definition) is 3. The molecule has 2 rings (SSSR count). The zero-order chi connectivity index (χ0) is 14.0. The molecule has 1 aliphatic carbocycles. The zero-order valence-corrected chi connectivity index (χ0v) is 13.0. The van der Waals surface area contributed by atoms with E-state index in [4.69, 9.17) is 0 Å². The molecule has 1 N–H and O–H groups in total. The second-order valence-corrected chi connectivity index (χ2v) is 6.57. The van der Waals surface area contributed by atoms with E-state index in [0.29, 0.717) is 6.04 Å². The van der Waals surface area contributed by atoms with Gasteiger partial charge in [-0.2, -0.15) is 0 Å². The highest BCUT2D eigenvalue weighted by Crippen LogP contribution is 2.22. The molecule has 0 bridgehead atoms. The van der Waals surface area contributed by atoms with E-state index < -0.39 is 0 Å². The Bertz CT molecular complexity index is 285. The minimum Gasteiger partial charge on any atom is -0.411 e. The summed E-state index contributed by atoms with van der Waals surface area (Å²) in [6.45, 7) is 2.40. The summed E-state index contributed by atoms with van der Waals surface area (Å²) in [5.74, 6) is 0. The normalized spacial score (nSPS) is 30.6. The Labute approximate surface area is 124 Å². The van der Waals surface area contributed by atoms with Crippen LogP contribution in [0.15, 0.2) is 5.16 Å². The van der Waals surface area contributed by atoms with Crippen molar-refractivity contribution < 1.29 is 5.21 Å². The Kier molecular flexibility index (Phi) is 7.42. The first-order valence-electron chi connectivity index (χ1n) is 8.86. The van der Waals surface area contributed by atoms with E-state index in [1.165, 1.54) is 90.1 Å². The fourth-order valence-corrected chi connectivity index (χ4v) is 3.78. The molecule has 3 heteroatoms. The third kappa shape index (κ3) is 5.08. The topological polar surface area (TPSA) is 35.8 Å². The second-order valence-electron chi connectivity index (χ2n) is 6.57. The summed E-state index contributed by atoms with van der Waals surface area (Å²) in [6, 6.07) is 0.416. The number of hydrogen-bond donors (Lipinski definition) is 1. The number of nitrogens with zero attached hydrogens (tertiary/aromatic N) is 2. The average molecular weight is 280 g/mol. The van der Waals surface area contributed by atoms with Crippen LogP contribution in [-0.4, -0.2) is 35.0 Å². The molecule has 20 heavy (non-hydrogen) atoms. The molecule has 0 aromatic carbocycles. The summed E-state index contributed by atoms with van der Waals surface area (Å²) in [7, 11) is 0. The summed E-state index contributed by atoms with van der Waals surface area (Å²) < 4.78 is 0. The molecule has 116 valence electrons. The smallest absolute Gasteiger partial charge is 0.0742 e. The molecular weight excluding hydrogens is 248 g/mol. The van der Waals surface area contributed by atoms with E-state index in [1.807, 2.05) is 0 Å². The maximum Gasteiger partial charge on any atom is 0.0742 e. The lowest BCUT2D eigenvalue weighted by molar-refractivity contribution is 0.185. The lowest BCUT2D eigenvalue weighted by Crippen LogP contribution is -2.44. The van der Waals surface area contributed by atoms with Gasteiger partial charge in [-0.1, -0.05) is 56.5 Å². The first kappa shape index (κ1) is 15.8. The molecule has 0 aromatic rings. The van der Waals surface area contributed by atoms with Crippen LogP contribution in [0.2, 0.25) is 0 Å². The summed E-state index contributed by atoms with van der Waals surface area (Å²) in [5, 5.41) is 13.2. The molecule has 0 aromatic heterocycles. The van der Waals surface area contributed by atoms with E-state index in [9.17, 15) is 5.21 Å². The average Bonchev–Trinajstić information content (AvgIpc) is 2.49. The predicted octanol–water partition coefficient (Wildman–Crippen LogP) is 4.59. The van der Waals surface area contributed by atoms with Crippen molar-refractivity contribution in [2.75, 3.05) is 13.1 Å². The van der Waals surface area contributed by atoms with Gasteiger partial charge in [-0.3, -0.25) is 4.90 Å². The Morgan fingerprint density at radius 2 is 1.30 bits per heavy atom. The minimum absolute atomic E-state index is 0.416. The SMILES string of the molecule is O/N=C1\CCCCCCCCCC[C@H]1N1CCCCC1. The van der Waals surface area contributed by atoms with Crippen molar-refractivity contribution in [1.29, 1.82) is 0 Å². The largest absolute Gasteiger partial charge is 0.411 e. The molecular formula is C17H32N2O. The van der Waals surface area contributed by atoms with E-state index >= 15 is 0 Å². The molecule has 1 aliphatic heterocycles. The van der Waals surface area contributed by atoms with E-state index in [0.717, 1.165) is 12.1 Å². The Balaban J connectivity index is 1.96.